The van der Waals surface area contributed by atoms with E-state index < -0.39 is 30.2 Å². The molecule has 2 aliphatic rings. The molecule has 6 rings (SSSR count). The predicted molar refractivity (Wildman–Crippen MR) is 174 cm³/mol. The smallest absolute Gasteiger partial charge is 0.408 e. The van der Waals surface area contributed by atoms with Crippen LogP contribution in [0.4, 0.5) is 10.5 Å². The van der Waals surface area contributed by atoms with E-state index in [9.17, 15) is 19.5 Å². The first-order chi connectivity index (χ1) is 22.8. The van der Waals surface area contributed by atoms with E-state index in [2.05, 4.69) is 17.2 Å². The van der Waals surface area contributed by atoms with E-state index in [1.165, 1.54) is 0 Å². The minimum atomic E-state index is -1.02. The lowest BCUT2D eigenvalue weighted by Gasteiger charge is -2.41. The Labute approximate surface area is 276 Å². The quantitative estimate of drug-likeness (QED) is 0.178. The van der Waals surface area contributed by atoms with Gasteiger partial charge >= 0.3 is 6.09 Å². The summed E-state index contributed by atoms with van der Waals surface area (Å²) in [6.07, 6.45) is 1.54. The van der Waals surface area contributed by atoms with Crippen molar-refractivity contribution in [2.24, 2.45) is 13.0 Å². The average molecular weight is 657 g/mol. The van der Waals surface area contributed by atoms with E-state index in [1.54, 1.807) is 42.2 Å². The third-order valence-corrected chi connectivity index (χ3v) is 9.50. The Bertz CT molecular complexity index is 1700. The number of rotatable bonds is 10. The number of nitrogens with zero attached hydrogens (tertiary/aromatic N) is 3. The van der Waals surface area contributed by atoms with Crippen LogP contribution < -0.4 is 10.2 Å². The number of hydrogen-bond donors (Lipinski definition) is 2. The molecule has 2 saturated heterocycles. The number of aliphatic hydroxyl groups is 1. The van der Waals surface area contributed by atoms with Crippen LogP contribution in [0.1, 0.15) is 48.0 Å². The molecule has 47 heavy (non-hydrogen) atoms. The lowest BCUT2D eigenvalue weighted by molar-refractivity contribution is -0.268. The summed E-state index contributed by atoms with van der Waals surface area (Å²) < 4.78 is 20.2. The van der Waals surface area contributed by atoms with Crippen LogP contribution >= 0.6 is 11.8 Å². The summed E-state index contributed by atoms with van der Waals surface area (Å²) in [7, 11) is 1.95. The van der Waals surface area contributed by atoms with Crippen LogP contribution in [0.2, 0.25) is 0 Å². The highest BCUT2D eigenvalue weighted by Gasteiger charge is 2.42. The Balaban J connectivity index is 1.14. The van der Waals surface area contributed by atoms with Crippen molar-refractivity contribution in [3.05, 3.63) is 114 Å². The number of aliphatic hydroxyl groups excluding tert-OH is 1. The first-order valence-corrected chi connectivity index (χ1v) is 16.3. The van der Waals surface area contributed by atoms with Gasteiger partial charge in [-0.2, -0.15) is 0 Å². The van der Waals surface area contributed by atoms with E-state index in [1.807, 2.05) is 72.4 Å². The highest BCUT2D eigenvalue weighted by Crippen LogP contribution is 2.43. The van der Waals surface area contributed by atoms with E-state index in [0.717, 1.165) is 32.3 Å². The number of amides is 3. The third-order valence-electron chi connectivity index (χ3n) is 8.35. The molecule has 3 aromatic carbocycles. The normalized spacial score (nSPS) is 22.8. The molecule has 244 valence electrons. The Hall–Kier alpha value is -4.49. The van der Waals surface area contributed by atoms with Crippen LogP contribution in [0, 0.1) is 5.92 Å². The van der Waals surface area contributed by atoms with Crippen molar-refractivity contribution in [1.29, 1.82) is 0 Å². The van der Waals surface area contributed by atoms with Gasteiger partial charge in [-0.25, -0.2) is 14.7 Å². The van der Waals surface area contributed by atoms with Gasteiger partial charge in [-0.3, -0.25) is 9.59 Å². The van der Waals surface area contributed by atoms with Crippen molar-refractivity contribution in [2.75, 3.05) is 10.7 Å². The zero-order chi connectivity index (χ0) is 32.9. The minimum absolute atomic E-state index is 0.00178. The van der Waals surface area contributed by atoms with Gasteiger partial charge in [0.15, 0.2) is 11.4 Å². The lowest BCUT2D eigenvalue weighted by Crippen LogP contribution is -2.42. The lowest BCUT2D eigenvalue weighted by atomic mass is 9.91. The molecule has 3 heterocycles. The van der Waals surface area contributed by atoms with Gasteiger partial charge in [0.1, 0.15) is 12.6 Å². The Morgan fingerprint density at radius 2 is 1.72 bits per heavy atom. The number of imide groups is 1. The number of ether oxygens (including phenoxy) is 3. The van der Waals surface area contributed by atoms with E-state index >= 15 is 0 Å². The zero-order valence-electron chi connectivity index (χ0n) is 26.0. The van der Waals surface area contributed by atoms with Crippen LogP contribution in [0.15, 0.2) is 96.4 Å². The zero-order valence-corrected chi connectivity index (χ0v) is 26.8. The number of aryl methyl sites for hydroxylation is 1. The number of carbonyl (C=O) groups excluding carboxylic acids is 3. The van der Waals surface area contributed by atoms with Gasteiger partial charge < -0.3 is 29.2 Å². The number of thioether (sulfide) groups is 1. The fraction of sp³-hybridized carbons (Fsp3) is 0.314. The molecule has 4 aromatic rings. The van der Waals surface area contributed by atoms with Crippen LogP contribution in [0.5, 0.6) is 0 Å². The van der Waals surface area contributed by atoms with Gasteiger partial charge in [0.2, 0.25) is 5.91 Å². The second-order valence-electron chi connectivity index (χ2n) is 11.6. The summed E-state index contributed by atoms with van der Waals surface area (Å²) in [4.78, 5) is 44.0. The Morgan fingerprint density at radius 1 is 1.00 bits per heavy atom. The maximum Gasteiger partial charge on any atom is 0.408 e. The van der Waals surface area contributed by atoms with Crippen molar-refractivity contribution in [3.63, 3.8) is 0 Å². The molecule has 0 spiro atoms. The number of carbonyl (C=O) groups is 3. The first kappa shape index (κ1) is 32.5. The van der Waals surface area contributed by atoms with Gasteiger partial charge in [-0.15, -0.1) is 0 Å². The number of aromatic nitrogens is 2. The number of benzene rings is 3. The number of imidazole rings is 1. The van der Waals surface area contributed by atoms with E-state index in [0.29, 0.717) is 11.4 Å². The Kier molecular flexibility index (Phi) is 10.0. The summed E-state index contributed by atoms with van der Waals surface area (Å²) in [5.74, 6) is -0.306. The summed E-state index contributed by atoms with van der Waals surface area (Å²) >= 11 is 1.61. The van der Waals surface area contributed by atoms with Gasteiger partial charge in [-0.05, 0) is 28.8 Å². The molecule has 1 unspecified atom stereocenters. The summed E-state index contributed by atoms with van der Waals surface area (Å²) in [5.41, 5.74) is 3.70. The molecule has 1 aromatic heterocycles. The van der Waals surface area contributed by atoms with Crippen molar-refractivity contribution >= 4 is 35.4 Å². The molecule has 0 aliphatic carbocycles. The van der Waals surface area contributed by atoms with Crippen molar-refractivity contribution < 1.29 is 33.7 Å². The summed E-state index contributed by atoms with van der Waals surface area (Å²) in [5, 5.41) is 12.9. The SMILES string of the molecule is C[C@@H]1[C@H](CSc2nccn2C)O[C@H](c2ccc(N3C(=O)CC(NC(=O)OCc4ccccc4)C3=O)cc2)O[C@@H]1c1ccc(CO)cc1. The maximum absolute atomic E-state index is 13.2. The molecule has 5 atom stereocenters. The number of hydrogen-bond acceptors (Lipinski definition) is 9. The minimum Gasteiger partial charge on any atom is -0.445 e. The van der Waals surface area contributed by atoms with Crippen LogP contribution in [-0.2, 0) is 44.1 Å². The highest BCUT2D eigenvalue weighted by molar-refractivity contribution is 7.99. The van der Waals surface area contributed by atoms with Crippen LogP contribution in [0.3, 0.4) is 0 Å². The molecular formula is C35H36N4O7S. The van der Waals surface area contributed by atoms with Crippen molar-refractivity contribution in [3.8, 4) is 0 Å². The predicted octanol–water partition coefficient (Wildman–Crippen LogP) is 5.05. The van der Waals surface area contributed by atoms with E-state index in [-0.39, 0.29) is 37.8 Å². The van der Waals surface area contributed by atoms with Crippen molar-refractivity contribution in [1.82, 2.24) is 14.9 Å². The summed E-state index contributed by atoms with van der Waals surface area (Å²) in [6, 6.07) is 22.8. The standard InChI is InChI=1S/C35H36N4O7S/c1-22-29(21-47-34-36-16-17-38(34)2)45-33(46-31(22)25-10-8-23(19-40)9-11-25)26-12-14-27(15-13-26)39-30(41)18-28(32(39)42)37-35(43)44-20-24-6-4-3-5-7-24/h3-17,22,28-29,31,33,40H,18-21H2,1-2H3,(H,37,43)/t22-,28?,29+,31+,33+/m1/s1. The molecule has 3 amide bonds. The second-order valence-corrected chi connectivity index (χ2v) is 12.6. The molecule has 0 saturated carbocycles. The van der Waals surface area contributed by atoms with Crippen LogP contribution in [-0.4, -0.2) is 50.5 Å². The third kappa shape index (κ3) is 7.41. The monoisotopic (exact) mass is 656 g/mol. The van der Waals surface area contributed by atoms with Gasteiger partial charge in [-0.1, -0.05) is 85.4 Å². The van der Waals surface area contributed by atoms with E-state index in [4.69, 9.17) is 14.2 Å². The first-order valence-electron chi connectivity index (χ1n) is 15.4. The number of anilines is 1. The fourth-order valence-corrected chi connectivity index (χ4v) is 6.76. The van der Waals surface area contributed by atoms with Gasteiger partial charge in [0.25, 0.3) is 5.91 Å². The number of nitrogens with one attached hydrogen (secondary N) is 1. The molecule has 0 radical (unpaired) electrons. The fourth-order valence-electron chi connectivity index (χ4n) is 5.66. The van der Waals surface area contributed by atoms with Gasteiger partial charge in [0.05, 0.1) is 30.9 Å². The molecule has 2 N–H and O–H groups in total. The average Bonchev–Trinajstić information content (AvgIpc) is 3.63. The Morgan fingerprint density at radius 3 is 2.40 bits per heavy atom. The largest absolute Gasteiger partial charge is 0.445 e. The molecule has 11 nitrogen and oxygen atoms in total. The molecular weight excluding hydrogens is 620 g/mol. The summed E-state index contributed by atoms with van der Waals surface area (Å²) in [6.45, 7) is 2.10. The topological polar surface area (TPSA) is 132 Å². The molecule has 0 bridgehead atoms. The van der Waals surface area contributed by atoms with Gasteiger partial charge in [0, 0.05) is 36.7 Å². The second kappa shape index (κ2) is 14.5. The van der Waals surface area contributed by atoms with Crippen molar-refractivity contribution in [2.45, 2.75) is 56.3 Å². The molecule has 2 aliphatic heterocycles. The number of alkyl carbamates (subject to hydrolysis) is 1. The maximum atomic E-state index is 13.2. The highest BCUT2D eigenvalue weighted by atomic mass is 32.2. The molecule has 12 heteroatoms. The van der Waals surface area contributed by atoms with Crippen LogP contribution in [0.25, 0.3) is 0 Å². The molecule has 2 fully saturated rings.